The Kier molecular flexibility index (Phi) is 30.6. The van der Waals surface area contributed by atoms with E-state index in [0.29, 0.717) is 0 Å². The molecule has 0 rings (SSSR count). The van der Waals surface area contributed by atoms with Crippen LogP contribution in [0.1, 0.15) is 160 Å². The van der Waals surface area contributed by atoms with E-state index in [-0.39, 0.29) is 0 Å². The average molecular weight is 589 g/mol. The fourth-order valence-electron chi connectivity index (χ4n) is 4.56. The molecule has 0 aromatic rings. The van der Waals surface area contributed by atoms with Crippen LogP contribution in [-0.4, -0.2) is 26.4 Å². The Balaban J connectivity index is 0. The lowest BCUT2D eigenvalue weighted by Crippen LogP contribution is -2.03. The quantitative estimate of drug-likeness (QED) is 0.0824. The van der Waals surface area contributed by atoms with E-state index in [1.807, 2.05) is 0 Å². The zero-order valence-corrected chi connectivity index (χ0v) is 30.7. The molecule has 0 saturated heterocycles. The monoisotopic (exact) mass is 589 g/mol. The molecule has 0 heterocycles. The van der Waals surface area contributed by atoms with Crippen molar-refractivity contribution in [1.29, 1.82) is 0 Å². The summed E-state index contributed by atoms with van der Waals surface area (Å²) in [6.45, 7) is 30.3. The predicted octanol–water partition coefficient (Wildman–Crippen LogP) is 13.1. The van der Waals surface area contributed by atoms with Gasteiger partial charge >= 0.3 is 0 Å². The standard InChI is InChI=1S/2C20H38O/c2*1-17(2)9-7-11-19(5)13-15-21-16-14-20(6)12-8-10-18(3)4/h2*9,13,18,20H,7-8,10-12,14-16H2,1-6H3/b2*19-13+/t2*20-/m10/s1. The van der Waals surface area contributed by atoms with Crippen molar-refractivity contribution in [3.05, 3.63) is 46.6 Å². The lowest BCUT2D eigenvalue weighted by molar-refractivity contribution is 0.145. The molecule has 0 saturated carbocycles. The normalized spacial score (nSPS) is 13.6. The van der Waals surface area contributed by atoms with Gasteiger partial charge in [-0.25, -0.2) is 0 Å². The van der Waals surface area contributed by atoms with Crippen molar-refractivity contribution in [2.75, 3.05) is 26.4 Å². The number of hydrogen-bond donors (Lipinski definition) is 0. The summed E-state index contributed by atoms with van der Waals surface area (Å²) in [5.41, 5.74) is 5.70. The third kappa shape index (κ3) is 36.9. The molecule has 2 nitrogen and oxygen atoms in total. The third-order valence-corrected chi connectivity index (χ3v) is 7.75. The third-order valence-electron chi connectivity index (χ3n) is 7.75. The summed E-state index contributed by atoms with van der Waals surface area (Å²) < 4.78 is 11.5. The Morgan fingerprint density at radius 2 is 0.833 bits per heavy atom. The molecule has 0 aromatic carbocycles. The summed E-state index contributed by atoms with van der Waals surface area (Å²) in [6, 6.07) is 0. The van der Waals surface area contributed by atoms with Crippen LogP contribution >= 0.6 is 0 Å². The largest absolute Gasteiger partial charge is 0.377 e. The summed E-state index contributed by atoms with van der Waals surface area (Å²) in [7, 11) is 0. The van der Waals surface area contributed by atoms with Crippen LogP contribution < -0.4 is 0 Å². The molecule has 0 N–H and O–H groups in total. The Morgan fingerprint density at radius 3 is 1.14 bits per heavy atom. The smallest absolute Gasteiger partial charge is 0.0649 e. The Morgan fingerprint density at radius 1 is 0.476 bits per heavy atom. The highest BCUT2D eigenvalue weighted by Gasteiger charge is 2.04. The van der Waals surface area contributed by atoms with Crippen LogP contribution in [0.3, 0.4) is 0 Å². The van der Waals surface area contributed by atoms with Crippen LogP contribution in [-0.2, 0) is 9.47 Å². The lowest BCUT2D eigenvalue weighted by Gasteiger charge is -2.12. The van der Waals surface area contributed by atoms with Crippen LogP contribution in [0.4, 0.5) is 0 Å². The van der Waals surface area contributed by atoms with Gasteiger partial charge in [0.2, 0.25) is 0 Å². The summed E-state index contributed by atoms with van der Waals surface area (Å²) >= 11 is 0. The van der Waals surface area contributed by atoms with E-state index in [1.165, 1.54) is 73.7 Å². The highest BCUT2D eigenvalue weighted by Crippen LogP contribution is 2.16. The molecule has 0 unspecified atom stereocenters. The first kappa shape index (κ1) is 43.0. The summed E-state index contributed by atoms with van der Waals surface area (Å²) in [6.07, 6.45) is 24.2. The molecule has 2 heteroatoms. The molecule has 0 aliphatic heterocycles. The van der Waals surface area contributed by atoms with Crippen molar-refractivity contribution in [2.24, 2.45) is 23.7 Å². The zero-order valence-electron chi connectivity index (χ0n) is 30.7. The maximum atomic E-state index is 5.74. The van der Waals surface area contributed by atoms with Crippen molar-refractivity contribution in [2.45, 2.75) is 160 Å². The predicted molar refractivity (Wildman–Crippen MR) is 191 cm³/mol. The highest BCUT2D eigenvalue weighted by molar-refractivity contribution is 5.03. The molecule has 0 fully saturated rings. The van der Waals surface area contributed by atoms with Gasteiger partial charge in [-0.05, 0) is 104 Å². The van der Waals surface area contributed by atoms with Crippen molar-refractivity contribution in [1.82, 2.24) is 0 Å². The minimum Gasteiger partial charge on any atom is -0.377 e. The van der Waals surface area contributed by atoms with Gasteiger partial charge in [-0.1, -0.05) is 127 Å². The van der Waals surface area contributed by atoms with Crippen molar-refractivity contribution >= 4 is 0 Å². The van der Waals surface area contributed by atoms with E-state index in [0.717, 1.165) is 75.8 Å². The fourth-order valence-corrected chi connectivity index (χ4v) is 4.56. The number of ether oxygens (including phenoxy) is 2. The van der Waals surface area contributed by atoms with Gasteiger partial charge in [-0.3, -0.25) is 0 Å². The maximum Gasteiger partial charge on any atom is 0.0649 e. The number of allylic oxidation sites excluding steroid dienone is 6. The van der Waals surface area contributed by atoms with Crippen LogP contribution in [0, 0.1) is 23.7 Å². The second-order valence-electron chi connectivity index (χ2n) is 14.3. The maximum absolute atomic E-state index is 5.74. The molecule has 248 valence electrons. The lowest BCUT2D eigenvalue weighted by atomic mass is 9.98. The van der Waals surface area contributed by atoms with Crippen LogP contribution in [0.25, 0.3) is 0 Å². The van der Waals surface area contributed by atoms with Gasteiger partial charge in [0, 0.05) is 13.2 Å². The van der Waals surface area contributed by atoms with Crippen LogP contribution in [0.15, 0.2) is 46.6 Å². The van der Waals surface area contributed by atoms with Gasteiger partial charge in [-0.2, -0.15) is 0 Å². The number of hydrogen-bond acceptors (Lipinski definition) is 2. The molecule has 0 aromatic heterocycles. The summed E-state index contributed by atoms with van der Waals surface area (Å²) in [5.74, 6) is 3.28. The van der Waals surface area contributed by atoms with E-state index in [9.17, 15) is 0 Å². The van der Waals surface area contributed by atoms with Gasteiger partial charge in [0.1, 0.15) is 0 Å². The van der Waals surface area contributed by atoms with E-state index >= 15 is 0 Å². The molecule has 0 amide bonds. The fraction of sp³-hybridized carbons (Fsp3) is 0.800. The topological polar surface area (TPSA) is 18.5 Å². The van der Waals surface area contributed by atoms with Crippen molar-refractivity contribution < 1.29 is 9.47 Å². The van der Waals surface area contributed by atoms with E-state index in [2.05, 4.69) is 107 Å². The van der Waals surface area contributed by atoms with Gasteiger partial charge in [0.15, 0.2) is 0 Å². The molecular weight excluding hydrogens is 512 g/mol. The first-order chi connectivity index (χ1) is 19.8. The van der Waals surface area contributed by atoms with E-state index in [4.69, 9.17) is 9.47 Å². The molecule has 0 aliphatic rings. The van der Waals surface area contributed by atoms with Crippen LogP contribution in [0.2, 0.25) is 0 Å². The van der Waals surface area contributed by atoms with Crippen molar-refractivity contribution in [3.8, 4) is 0 Å². The second kappa shape index (κ2) is 29.9. The first-order valence-corrected chi connectivity index (χ1v) is 17.6. The Labute approximate surface area is 265 Å². The minimum atomic E-state index is 0.777. The summed E-state index contributed by atoms with van der Waals surface area (Å²) in [4.78, 5) is 0. The first-order valence-electron chi connectivity index (χ1n) is 17.6. The molecule has 2 atom stereocenters. The molecule has 0 radical (unpaired) electrons. The van der Waals surface area contributed by atoms with E-state index < -0.39 is 0 Å². The molecule has 0 spiro atoms. The molecular formula is C40H76O2. The minimum absolute atomic E-state index is 0.777. The Bertz CT molecular complexity index is 652. The van der Waals surface area contributed by atoms with Gasteiger partial charge in [0.25, 0.3) is 0 Å². The van der Waals surface area contributed by atoms with Crippen molar-refractivity contribution in [3.63, 3.8) is 0 Å². The Hall–Kier alpha value is -1.12. The SMILES string of the molecule is CC(C)=CCC/C(C)=C/COCC[C@@H](C)CCCC(C)C.CC(C)=CCC/C(C)=C/COCC[C@H](C)CCCC(C)C. The van der Waals surface area contributed by atoms with Gasteiger partial charge < -0.3 is 9.47 Å². The van der Waals surface area contributed by atoms with Gasteiger partial charge in [-0.15, -0.1) is 0 Å². The average Bonchev–Trinajstić information content (AvgIpc) is 2.87. The molecule has 0 bridgehead atoms. The van der Waals surface area contributed by atoms with Crippen LogP contribution in [0.5, 0.6) is 0 Å². The van der Waals surface area contributed by atoms with Gasteiger partial charge in [0.05, 0.1) is 13.2 Å². The molecule has 42 heavy (non-hydrogen) atoms. The molecule has 0 aliphatic carbocycles. The summed E-state index contributed by atoms with van der Waals surface area (Å²) in [5, 5.41) is 0. The van der Waals surface area contributed by atoms with E-state index in [1.54, 1.807) is 0 Å². The second-order valence-corrected chi connectivity index (χ2v) is 14.3. The zero-order chi connectivity index (χ0) is 32.2. The highest BCUT2D eigenvalue weighted by atomic mass is 16.5. The number of rotatable bonds is 24.